The third-order valence-corrected chi connectivity index (χ3v) is 3.87. The molecule has 1 amide bonds. The Labute approximate surface area is 127 Å². The number of nitrogens with one attached hydrogen (secondary N) is 1. The number of fused-ring (bicyclic) bond motifs is 2. The number of amides is 1. The van der Waals surface area contributed by atoms with E-state index >= 15 is 0 Å². The number of anilines is 1. The molecule has 3 heterocycles. The number of benzene rings is 1. The SMILES string of the molecule is Cc1ccc2cc3c(nc2c1)N(NC(=O)c1ccco1)CC3. The molecule has 0 saturated heterocycles. The molecule has 0 radical (unpaired) electrons. The molecule has 0 fully saturated rings. The Balaban J connectivity index is 1.68. The number of aromatic nitrogens is 1. The summed E-state index contributed by atoms with van der Waals surface area (Å²) in [4.78, 5) is 16.8. The molecule has 1 aliphatic rings. The summed E-state index contributed by atoms with van der Waals surface area (Å²) >= 11 is 0. The Morgan fingerprint density at radius 2 is 2.23 bits per heavy atom. The van der Waals surface area contributed by atoms with Crippen molar-refractivity contribution in [2.45, 2.75) is 13.3 Å². The van der Waals surface area contributed by atoms with Crippen LogP contribution in [-0.4, -0.2) is 17.4 Å². The zero-order valence-electron chi connectivity index (χ0n) is 12.2. The van der Waals surface area contributed by atoms with Crippen molar-refractivity contribution in [1.82, 2.24) is 10.4 Å². The second kappa shape index (κ2) is 4.87. The van der Waals surface area contributed by atoms with E-state index in [1.165, 1.54) is 11.8 Å². The fourth-order valence-corrected chi connectivity index (χ4v) is 2.76. The van der Waals surface area contributed by atoms with Gasteiger partial charge in [-0.2, -0.15) is 0 Å². The number of hydrazine groups is 1. The van der Waals surface area contributed by atoms with Crippen LogP contribution in [0.1, 0.15) is 21.7 Å². The van der Waals surface area contributed by atoms with Crippen LogP contribution >= 0.6 is 0 Å². The van der Waals surface area contributed by atoms with E-state index in [2.05, 4.69) is 29.7 Å². The number of aryl methyl sites for hydroxylation is 1. The highest BCUT2D eigenvalue weighted by Crippen LogP contribution is 2.28. The monoisotopic (exact) mass is 293 g/mol. The third kappa shape index (κ3) is 2.11. The average Bonchev–Trinajstić information content (AvgIpc) is 3.15. The van der Waals surface area contributed by atoms with E-state index < -0.39 is 0 Å². The molecule has 0 aliphatic carbocycles. The maximum Gasteiger partial charge on any atom is 0.305 e. The summed E-state index contributed by atoms with van der Waals surface area (Å²) in [6, 6.07) is 11.7. The average molecular weight is 293 g/mol. The van der Waals surface area contributed by atoms with E-state index in [1.807, 2.05) is 6.92 Å². The standard InChI is InChI=1S/C17H15N3O2/c1-11-4-5-12-10-13-6-7-20(16(13)18-14(12)9-11)19-17(21)15-3-2-8-22-15/h2-5,8-10H,6-7H2,1H3,(H,19,21). The first kappa shape index (κ1) is 12.9. The fraction of sp³-hybridized carbons (Fsp3) is 0.176. The minimum Gasteiger partial charge on any atom is -0.459 e. The molecule has 1 N–H and O–H groups in total. The molecule has 0 unspecified atom stereocenters. The lowest BCUT2D eigenvalue weighted by Crippen LogP contribution is -2.41. The number of carbonyl (C=O) groups is 1. The van der Waals surface area contributed by atoms with Crippen LogP contribution in [0.4, 0.5) is 5.82 Å². The summed E-state index contributed by atoms with van der Waals surface area (Å²) in [5, 5.41) is 2.92. The van der Waals surface area contributed by atoms with Gasteiger partial charge in [0, 0.05) is 11.9 Å². The number of hydrogen-bond acceptors (Lipinski definition) is 4. The van der Waals surface area contributed by atoms with Crippen LogP contribution in [0, 0.1) is 6.92 Å². The lowest BCUT2D eigenvalue weighted by atomic mass is 10.1. The minimum atomic E-state index is -0.260. The topological polar surface area (TPSA) is 58.4 Å². The maximum atomic E-state index is 12.1. The Hall–Kier alpha value is -2.82. The van der Waals surface area contributed by atoms with Gasteiger partial charge in [0.15, 0.2) is 11.6 Å². The van der Waals surface area contributed by atoms with Crippen molar-refractivity contribution < 1.29 is 9.21 Å². The smallest absolute Gasteiger partial charge is 0.305 e. The number of furan rings is 1. The summed E-state index contributed by atoms with van der Waals surface area (Å²) in [5.74, 6) is 0.854. The van der Waals surface area contributed by atoms with Crippen LogP contribution in [0.5, 0.6) is 0 Å². The third-order valence-electron chi connectivity index (χ3n) is 3.87. The van der Waals surface area contributed by atoms with Gasteiger partial charge < -0.3 is 4.42 Å². The van der Waals surface area contributed by atoms with Crippen molar-refractivity contribution in [3.63, 3.8) is 0 Å². The van der Waals surface area contributed by atoms with Crippen molar-refractivity contribution in [1.29, 1.82) is 0 Å². The number of carbonyl (C=O) groups excluding carboxylic acids is 1. The number of rotatable bonds is 2. The zero-order chi connectivity index (χ0) is 15.1. The van der Waals surface area contributed by atoms with Crippen LogP contribution in [0.15, 0.2) is 47.1 Å². The van der Waals surface area contributed by atoms with E-state index in [4.69, 9.17) is 9.40 Å². The highest BCUT2D eigenvalue weighted by Gasteiger charge is 2.24. The largest absolute Gasteiger partial charge is 0.459 e. The zero-order valence-corrected chi connectivity index (χ0v) is 12.2. The second-order valence-corrected chi connectivity index (χ2v) is 5.49. The molecule has 2 aromatic heterocycles. The molecule has 22 heavy (non-hydrogen) atoms. The van der Waals surface area contributed by atoms with Gasteiger partial charge in [-0.1, -0.05) is 12.1 Å². The summed E-state index contributed by atoms with van der Waals surface area (Å²) in [7, 11) is 0. The number of hydrogen-bond donors (Lipinski definition) is 1. The first-order valence-electron chi connectivity index (χ1n) is 7.23. The maximum absolute atomic E-state index is 12.1. The Morgan fingerprint density at radius 1 is 1.32 bits per heavy atom. The van der Waals surface area contributed by atoms with Crippen molar-refractivity contribution >= 4 is 22.6 Å². The molecule has 0 spiro atoms. The lowest BCUT2D eigenvalue weighted by Gasteiger charge is -2.18. The van der Waals surface area contributed by atoms with Gasteiger partial charge in [-0.15, -0.1) is 0 Å². The van der Waals surface area contributed by atoms with Crippen LogP contribution < -0.4 is 10.4 Å². The van der Waals surface area contributed by atoms with Gasteiger partial charge >= 0.3 is 5.91 Å². The Bertz CT molecular complexity index is 856. The normalized spacial score (nSPS) is 13.4. The second-order valence-electron chi connectivity index (χ2n) is 5.49. The van der Waals surface area contributed by atoms with Crippen molar-refractivity contribution in [2.24, 2.45) is 0 Å². The van der Waals surface area contributed by atoms with E-state index in [-0.39, 0.29) is 5.91 Å². The van der Waals surface area contributed by atoms with Crippen LogP contribution in [-0.2, 0) is 6.42 Å². The highest BCUT2D eigenvalue weighted by molar-refractivity contribution is 5.93. The first-order valence-corrected chi connectivity index (χ1v) is 7.23. The van der Waals surface area contributed by atoms with Gasteiger partial charge in [0.05, 0.1) is 11.8 Å². The minimum absolute atomic E-state index is 0.260. The summed E-state index contributed by atoms with van der Waals surface area (Å²) < 4.78 is 5.12. The molecule has 0 atom stereocenters. The molecule has 0 bridgehead atoms. The molecule has 5 nitrogen and oxygen atoms in total. The van der Waals surface area contributed by atoms with Crippen molar-refractivity contribution in [3.8, 4) is 0 Å². The van der Waals surface area contributed by atoms with Gasteiger partial charge in [-0.05, 0) is 48.7 Å². The number of nitrogens with zero attached hydrogens (tertiary/aromatic N) is 2. The molecular formula is C17H15N3O2. The predicted molar refractivity (Wildman–Crippen MR) is 83.7 cm³/mol. The highest BCUT2D eigenvalue weighted by atomic mass is 16.3. The first-order chi connectivity index (χ1) is 10.7. The van der Waals surface area contributed by atoms with E-state index in [1.54, 1.807) is 17.1 Å². The molecule has 3 aromatic rings. The molecular weight excluding hydrogens is 278 g/mol. The van der Waals surface area contributed by atoms with Crippen LogP contribution in [0.2, 0.25) is 0 Å². The summed E-state index contributed by atoms with van der Waals surface area (Å²) in [6.07, 6.45) is 2.35. The molecule has 110 valence electrons. The van der Waals surface area contributed by atoms with E-state index in [9.17, 15) is 4.79 Å². The predicted octanol–water partition coefficient (Wildman–Crippen LogP) is 2.84. The molecule has 5 heteroatoms. The van der Waals surface area contributed by atoms with Crippen LogP contribution in [0.25, 0.3) is 10.9 Å². The van der Waals surface area contributed by atoms with Gasteiger partial charge in [-0.25, -0.2) is 4.98 Å². The number of pyridine rings is 1. The van der Waals surface area contributed by atoms with Gasteiger partial charge in [0.25, 0.3) is 0 Å². The molecule has 1 aliphatic heterocycles. The molecule has 0 saturated carbocycles. The van der Waals surface area contributed by atoms with Crippen molar-refractivity contribution in [2.75, 3.05) is 11.6 Å². The lowest BCUT2D eigenvalue weighted by molar-refractivity contribution is 0.0922. The fourth-order valence-electron chi connectivity index (χ4n) is 2.76. The summed E-state index contributed by atoms with van der Waals surface area (Å²) in [5.41, 5.74) is 6.12. The van der Waals surface area contributed by atoms with Crippen LogP contribution in [0.3, 0.4) is 0 Å². The molecule has 4 rings (SSSR count). The molecule has 1 aromatic carbocycles. The van der Waals surface area contributed by atoms with Gasteiger partial charge in [-0.3, -0.25) is 15.2 Å². The summed E-state index contributed by atoms with van der Waals surface area (Å²) in [6.45, 7) is 2.76. The van der Waals surface area contributed by atoms with Crippen molar-refractivity contribution in [3.05, 3.63) is 59.5 Å². The van der Waals surface area contributed by atoms with Gasteiger partial charge in [0.1, 0.15) is 0 Å². The Kier molecular flexibility index (Phi) is 2.85. The quantitative estimate of drug-likeness (QED) is 0.789. The van der Waals surface area contributed by atoms with E-state index in [0.717, 1.165) is 28.7 Å². The Morgan fingerprint density at radius 3 is 3.05 bits per heavy atom. The van der Waals surface area contributed by atoms with Gasteiger partial charge in [0.2, 0.25) is 0 Å². The van der Waals surface area contributed by atoms with E-state index in [0.29, 0.717) is 12.3 Å².